The molecule has 7 nitrogen and oxygen atoms in total. The first-order chi connectivity index (χ1) is 12.9. The number of fused-ring (bicyclic) bond motifs is 1. The first kappa shape index (κ1) is 20.5. The SMILES string of the molecule is CCCCNC(=O)C1N(CCCO)C(=O)[C@@H]2[C@H](C(=O)NC)[C@@H]3CC(C)C12S3. The number of likely N-dealkylation sites (tertiary alicyclic amines) is 1. The smallest absolute Gasteiger partial charge is 0.244 e. The maximum Gasteiger partial charge on any atom is 0.244 e. The number of nitrogens with one attached hydrogen (secondary N) is 2. The first-order valence-electron chi connectivity index (χ1n) is 10.0. The molecule has 3 N–H and O–H groups in total. The second-order valence-corrected chi connectivity index (χ2v) is 9.47. The van der Waals surface area contributed by atoms with Gasteiger partial charge in [-0.05, 0) is 25.2 Å². The van der Waals surface area contributed by atoms with E-state index in [1.807, 2.05) is 0 Å². The highest BCUT2D eigenvalue weighted by atomic mass is 32.2. The number of rotatable bonds is 8. The van der Waals surface area contributed by atoms with Gasteiger partial charge in [-0.3, -0.25) is 14.4 Å². The van der Waals surface area contributed by atoms with Crippen molar-refractivity contribution < 1.29 is 19.5 Å². The molecule has 0 aliphatic carbocycles. The van der Waals surface area contributed by atoms with Gasteiger partial charge in [0.2, 0.25) is 17.7 Å². The fraction of sp³-hybridized carbons (Fsp3) is 0.842. The lowest BCUT2D eigenvalue weighted by Gasteiger charge is -2.38. The Labute approximate surface area is 165 Å². The number of aliphatic hydroxyl groups is 1. The molecule has 3 aliphatic heterocycles. The average Bonchev–Trinajstić information content (AvgIpc) is 3.23. The number of amides is 3. The largest absolute Gasteiger partial charge is 0.396 e. The van der Waals surface area contributed by atoms with E-state index in [2.05, 4.69) is 24.5 Å². The molecule has 0 aromatic carbocycles. The number of hydrogen-bond acceptors (Lipinski definition) is 5. The van der Waals surface area contributed by atoms with E-state index in [1.165, 1.54) is 0 Å². The maximum absolute atomic E-state index is 13.4. The quantitative estimate of drug-likeness (QED) is 0.514. The van der Waals surface area contributed by atoms with Crippen molar-refractivity contribution in [3.05, 3.63) is 0 Å². The van der Waals surface area contributed by atoms with Crippen molar-refractivity contribution >= 4 is 29.5 Å². The standard InChI is InChI=1S/C19H31N3O4S/c1-4-5-7-21-17(25)15-19-11(2)10-12(27-19)13(16(24)20-3)14(19)18(26)22(15)8-6-9-23/h11-15,23H,4-10H2,1-3H3,(H,20,24)(H,21,25)/t11?,12-,13+,14-,15?,19?/m0/s1. The van der Waals surface area contributed by atoms with Gasteiger partial charge in [-0.2, -0.15) is 0 Å². The Hall–Kier alpha value is -1.28. The third-order valence-corrected chi connectivity index (χ3v) is 8.51. The van der Waals surface area contributed by atoms with Crippen molar-refractivity contribution in [2.24, 2.45) is 17.8 Å². The number of thioether (sulfide) groups is 1. The molecule has 0 aromatic heterocycles. The molecule has 0 saturated carbocycles. The van der Waals surface area contributed by atoms with Gasteiger partial charge in [-0.15, -0.1) is 11.8 Å². The molecular weight excluding hydrogens is 366 g/mol. The van der Waals surface area contributed by atoms with Crippen molar-refractivity contribution in [2.75, 3.05) is 26.7 Å². The van der Waals surface area contributed by atoms with E-state index in [-0.39, 0.29) is 41.4 Å². The number of aliphatic hydroxyl groups excluding tert-OH is 1. The predicted octanol–water partition coefficient (Wildman–Crippen LogP) is 0.368. The summed E-state index contributed by atoms with van der Waals surface area (Å²) in [6.45, 7) is 5.08. The van der Waals surface area contributed by atoms with Crippen LogP contribution in [-0.4, -0.2) is 70.5 Å². The Kier molecular flexibility index (Phi) is 6.05. The van der Waals surface area contributed by atoms with Crippen LogP contribution in [0.5, 0.6) is 0 Å². The van der Waals surface area contributed by atoms with Gasteiger partial charge in [0.15, 0.2) is 0 Å². The summed E-state index contributed by atoms with van der Waals surface area (Å²) in [5, 5.41) is 15.1. The molecule has 2 bridgehead atoms. The van der Waals surface area contributed by atoms with E-state index in [4.69, 9.17) is 0 Å². The van der Waals surface area contributed by atoms with E-state index in [0.717, 1.165) is 19.3 Å². The summed E-state index contributed by atoms with van der Waals surface area (Å²) in [7, 11) is 1.60. The topological polar surface area (TPSA) is 98.7 Å². The van der Waals surface area contributed by atoms with E-state index in [9.17, 15) is 19.5 Å². The summed E-state index contributed by atoms with van der Waals surface area (Å²) in [5.41, 5.74) is 0. The molecule has 0 radical (unpaired) electrons. The zero-order chi connectivity index (χ0) is 19.8. The minimum atomic E-state index is -0.571. The molecule has 3 heterocycles. The lowest BCUT2D eigenvalue weighted by atomic mass is 9.66. The summed E-state index contributed by atoms with van der Waals surface area (Å²) in [6, 6.07) is -0.571. The zero-order valence-electron chi connectivity index (χ0n) is 16.4. The summed E-state index contributed by atoms with van der Waals surface area (Å²) < 4.78 is -0.551. The van der Waals surface area contributed by atoms with Crippen molar-refractivity contribution in [2.45, 2.75) is 55.6 Å². The second-order valence-electron chi connectivity index (χ2n) is 7.92. The Morgan fingerprint density at radius 1 is 1.33 bits per heavy atom. The molecular formula is C19H31N3O4S. The third-order valence-electron chi connectivity index (χ3n) is 6.43. The average molecular weight is 398 g/mol. The Balaban J connectivity index is 1.97. The number of carbonyl (C=O) groups excluding carboxylic acids is 3. The van der Waals surface area contributed by atoms with Gasteiger partial charge in [0.05, 0.1) is 16.6 Å². The highest BCUT2D eigenvalue weighted by Gasteiger charge is 2.75. The highest BCUT2D eigenvalue weighted by molar-refractivity contribution is 8.02. The lowest BCUT2D eigenvalue weighted by Crippen LogP contribution is -2.56. The van der Waals surface area contributed by atoms with Gasteiger partial charge in [0, 0.05) is 32.0 Å². The van der Waals surface area contributed by atoms with Crippen LogP contribution in [0, 0.1) is 17.8 Å². The minimum absolute atomic E-state index is 0.0319. The van der Waals surface area contributed by atoms with Crippen LogP contribution in [-0.2, 0) is 14.4 Å². The van der Waals surface area contributed by atoms with Crippen LogP contribution < -0.4 is 10.6 Å². The number of nitrogens with zero attached hydrogens (tertiary/aromatic N) is 1. The van der Waals surface area contributed by atoms with E-state index in [1.54, 1.807) is 23.7 Å². The fourth-order valence-corrected chi connectivity index (χ4v) is 7.68. The number of carbonyl (C=O) groups is 3. The molecule has 152 valence electrons. The summed E-state index contributed by atoms with van der Waals surface area (Å²) >= 11 is 1.68. The van der Waals surface area contributed by atoms with E-state index in [0.29, 0.717) is 19.5 Å². The number of unbranched alkanes of at least 4 members (excludes halogenated alkanes) is 1. The van der Waals surface area contributed by atoms with Gasteiger partial charge in [-0.1, -0.05) is 20.3 Å². The Bertz CT molecular complexity index is 616. The second kappa shape index (κ2) is 7.99. The zero-order valence-corrected chi connectivity index (χ0v) is 17.2. The van der Waals surface area contributed by atoms with Crippen molar-refractivity contribution in [1.29, 1.82) is 0 Å². The van der Waals surface area contributed by atoms with E-state index >= 15 is 0 Å². The molecule has 3 unspecified atom stereocenters. The van der Waals surface area contributed by atoms with Crippen LogP contribution >= 0.6 is 11.8 Å². The van der Waals surface area contributed by atoms with Crippen molar-refractivity contribution in [1.82, 2.24) is 15.5 Å². The highest BCUT2D eigenvalue weighted by Crippen LogP contribution is 2.68. The van der Waals surface area contributed by atoms with Crippen LogP contribution in [0.15, 0.2) is 0 Å². The van der Waals surface area contributed by atoms with Gasteiger partial charge in [0.1, 0.15) is 6.04 Å². The molecule has 8 heteroatoms. The fourth-order valence-electron chi connectivity index (χ4n) is 5.25. The molecule has 27 heavy (non-hydrogen) atoms. The molecule has 0 aromatic rings. The van der Waals surface area contributed by atoms with Crippen LogP contribution in [0.3, 0.4) is 0 Å². The van der Waals surface area contributed by atoms with Gasteiger partial charge >= 0.3 is 0 Å². The molecule has 3 fully saturated rings. The number of hydrogen-bond donors (Lipinski definition) is 3. The first-order valence-corrected chi connectivity index (χ1v) is 10.9. The normalized spacial score (nSPS) is 36.8. The van der Waals surface area contributed by atoms with Crippen molar-refractivity contribution in [3.63, 3.8) is 0 Å². The van der Waals surface area contributed by atoms with Crippen LogP contribution in [0.2, 0.25) is 0 Å². The summed E-state index contributed by atoms with van der Waals surface area (Å²) in [5.74, 6) is -0.980. The molecule has 6 atom stereocenters. The maximum atomic E-state index is 13.4. The van der Waals surface area contributed by atoms with Gasteiger partial charge < -0.3 is 20.6 Å². The molecule has 1 spiro atoms. The monoisotopic (exact) mass is 397 g/mol. The molecule has 3 rings (SSSR count). The van der Waals surface area contributed by atoms with E-state index < -0.39 is 16.7 Å². The molecule has 3 aliphatic rings. The Morgan fingerprint density at radius 2 is 2.07 bits per heavy atom. The lowest BCUT2D eigenvalue weighted by molar-refractivity contribution is -0.140. The minimum Gasteiger partial charge on any atom is -0.396 e. The summed E-state index contributed by atoms with van der Waals surface area (Å²) in [6.07, 6.45) is 3.16. The van der Waals surface area contributed by atoms with Crippen LogP contribution in [0.1, 0.15) is 39.5 Å². The van der Waals surface area contributed by atoms with Crippen LogP contribution in [0.4, 0.5) is 0 Å². The summed E-state index contributed by atoms with van der Waals surface area (Å²) in [4.78, 5) is 40.8. The molecule has 3 saturated heterocycles. The van der Waals surface area contributed by atoms with Crippen molar-refractivity contribution in [3.8, 4) is 0 Å². The van der Waals surface area contributed by atoms with Crippen LogP contribution in [0.25, 0.3) is 0 Å². The third kappa shape index (κ3) is 3.05. The Morgan fingerprint density at radius 3 is 2.70 bits per heavy atom. The predicted molar refractivity (Wildman–Crippen MR) is 104 cm³/mol. The molecule has 3 amide bonds. The van der Waals surface area contributed by atoms with Gasteiger partial charge in [0.25, 0.3) is 0 Å². The van der Waals surface area contributed by atoms with Gasteiger partial charge in [-0.25, -0.2) is 0 Å².